The number of carboxylic acids is 1. The average molecular weight is 397 g/mol. The number of carbonyl (C=O) groups is 1. The number of aromatic carboxylic acids is 1. The maximum Gasteiger partial charge on any atom is 0.346 e. The Morgan fingerprint density at radius 1 is 1.39 bits per heavy atom. The van der Waals surface area contributed by atoms with E-state index in [1.54, 1.807) is 18.6 Å². The number of unbranched alkanes of at least 4 members (excludes halogenated alkanes) is 1. The van der Waals surface area contributed by atoms with Gasteiger partial charge in [-0.2, -0.15) is 5.26 Å². The molecule has 0 aliphatic rings. The molecule has 0 radical (unpaired) electrons. The summed E-state index contributed by atoms with van der Waals surface area (Å²) >= 11 is 1.01. The number of thiophene rings is 1. The van der Waals surface area contributed by atoms with Crippen molar-refractivity contribution in [2.24, 2.45) is 0 Å². The number of rotatable bonds is 7. The van der Waals surface area contributed by atoms with E-state index in [2.05, 4.69) is 11.1 Å². The fraction of sp³-hybridized carbons (Fsp3) is 0.300. The number of benzene rings is 1. The zero-order chi connectivity index (χ0) is 20.3. The van der Waals surface area contributed by atoms with Crippen molar-refractivity contribution in [1.29, 1.82) is 5.26 Å². The summed E-state index contributed by atoms with van der Waals surface area (Å²) in [6, 6.07) is 9.56. The molecule has 0 amide bonds. The normalized spacial score (nSPS) is 10.8. The molecule has 0 spiro atoms. The minimum absolute atomic E-state index is 0.123. The van der Waals surface area contributed by atoms with Gasteiger partial charge >= 0.3 is 5.97 Å². The van der Waals surface area contributed by atoms with Crippen LogP contribution < -0.4 is 10.3 Å². The van der Waals surface area contributed by atoms with Crippen LogP contribution >= 0.6 is 11.3 Å². The first-order chi connectivity index (χ1) is 13.5. The zero-order valence-electron chi connectivity index (χ0n) is 15.6. The van der Waals surface area contributed by atoms with Crippen LogP contribution in [0.25, 0.3) is 10.2 Å². The number of hydrogen-bond donors (Lipinski definition) is 1. The third-order valence-electron chi connectivity index (χ3n) is 4.54. The molecule has 2 aromatic heterocycles. The number of fused-ring (bicyclic) bond motifs is 1. The van der Waals surface area contributed by atoms with Crippen LogP contribution in [0.3, 0.4) is 0 Å². The van der Waals surface area contributed by atoms with Crippen LogP contribution in [0.2, 0.25) is 0 Å². The highest BCUT2D eigenvalue weighted by molar-refractivity contribution is 7.20. The van der Waals surface area contributed by atoms with E-state index in [0.29, 0.717) is 53.2 Å². The molecule has 2 heterocycles. The van der Waals surface area contributed by atoms with Gasteiger partial charge < -0.3 is 9.84 Å². The minimum Gasteiger partial charge on any atom is -0.496 e. The molecule has 0 saturated heterocycles. The number of para-hydroxylation sites is 1. The van der Waals surface area contributed by atoms with Gasteiger partial charge in [0.15, 0.2) is 0 Å². The molecule has 0 aliphatic heterocycles. The predicted octanol–water partition coefficient (Wildman–Crippen LogP) is 3.37. The van der Waals surface area contributed by atoms with Gasteiger partial charge in [0.1, 0.15) is 21.3 Å². The Hall–Kier alpha value is -3.18. The van der Waals surface area contributed by atoms with Gasteiger partial charge in [-0.1, -0.05) is 18.2 Å². The highest BCUT2D eigenvalue weighted by Crippen LogP contribution is 2.28. The number of nitrogens with zero attached hydrogens (tertiary/aromatic N) is 3. The van der Waals surface area contributed by atoms with Crippen molar-refractivity contribution in [3.05, 3.63) is 56.4 Å². The Kier molecular flexibility index (Phi) is 5.76. The summed E-state index contributed by atoms with van der Waals surface area (Å²) in [5, 5.41) is 18.6. The van der Waals surface area contributed by atoms with E-state index in [9.17, 15) is 14.7 Å². The molecule has 1 aromatic carbocycles. The summed E-state index contributed by atoms with van der Waals surface area (Å²) in [5.74, 6) is 0.148. The molecule has 3 rings (SSSR count). The highest BCUT2D eigenvalue weighted by atomic mass is 32.1. The van der Waals surface area contributed by atoms with Crippen LogP contribution in [0.5, 0.6) is 5.75 Å². The van der Waals surface area contributed by atoms with Gasteiger partial charge in [-0.25, -0.2) is 9.78 Å². The van der Waals surface area contributed by atoms with E-state index in [-0.39, 0.29) is 10.4 Å². The fourth-order valence-electron chi connectivity index (χ4n) is 3.16. The molecule has 0 bridgehead atoms. The van der Waals surface area contributed by atoms with Crippen molar-refractivity contribution in [2.45, 2.75) is 32.7 Å². The molecular weight excluding hydrogens is 378 g/mol. The molecule has 0 aliphatic carbocycles. The fourth-order valence-corrected chi connectivity index (χ4v) is 4.19. The molecule has 0 fully saturated rings. The first-order valence-corrected chi connectivity index (χ1v) is 9.54. The molecule has 144 valence electrons. The summed E-state index contributed by atoms with van der Waals surface area (Å²) in [5.41, 5.74) is 1.04. The Morgan fingerprint density at radius 3 is 2.82 bits per heavy atom. The molecule has 8 heteroatoms. The number of methoxy groups -OCH3 is 1. The van der Waals surface area contributed by atoms with Crippen molar-refractivity contribution in [1.82, 2.24) is 9.55 Å². The van der Waals surface area contributed by atoms with Gasteiger partial charge in [-0.15, -0.1) is 11.3 Å². The van der Waals surface area contributed by atoms with E-state index in [1.807, 2.05) is 24.3 Å². The van der Waals surface area contributed by atoms with Gasteiger partial charge in [0.2, 0.25) is 0 Å². The summed E-state index contributed by atoms with van der Waals surface area (Å²) in [6.07, 6.45) is 1.19. The molecule has 3 aromatic rings. The largest absolute Gasteiger partial charge is 0.496 e. The van der Waals surface area contributed by atoms with Crippen LogP contribution in [0.15, 0.2) is 29.1 Å². The quantitative estimate of drug-likeness (QED) is 0.613. The van der Waals surface area contributed by atoms with Crippen molar-refractivity contribution < 1.29 is 14.6 Å². The first kappa shape index (κ1) is 19.6. The molecule has 7 nitrogen and oxygen atoms in total. The van der Waals surface area contributed by atoms with Crippen LogP contribution in [0.1, 0.15) is 39.5 Å². The monoisotopic (exact) mass is 397 g/mol. The second-order valence-electron chi connectivity index (χ2n) is 6.28. The third kappa shape index (κ3) is 3.62. The lowest BCUT2D eigenvalue weighted by Crippen LogP contribution is -2.26. The number of aryl methyl sites for hydroxylation is 1. The molecule has 0 saturated carbocycles. The summed E-state index contributed by atoms with van der Waals surface area (Å²) in [7, 11) is 1.58. The zero-order valence-corrected chi connectivity index (χ0v) is 16.4. The first-order valence-electron chi connectivity index (χ1n) is 8.72. The minimum atomic E-state index is -1.07. The lowest BCUT2D eigenvalue weighted by molar-refractivity contribution is 0.0701. The Balaban J connectivity index is 2.18. The lowest BCUT2D eigenvalue weighted by atomic mass is 10.1. The molecule has 28 heavy (non-hydrogen) atoms. The number of nitriles is 1. The van der Waals surface area contributed by atoms with E-state index in [4.69, 9.17) is 10.00 Å². The van der Waals surface area contributed by atoms with Crippen LogP contribution in [0.4, 0.5) is 0 Å². The number of aromatic nitrogens is 2. The van der Waals surface area contributed by atoms with Gasteiger partial charge in [-0.3, -0.25) is 9.36 Å². The smallest absolute Gasteiger partial charge is 0.346 e. The van der Waals surface area contributed by atoms with Gasteiger partial charge in [0.05, 0.1) is 18.6 Å². The van der Waals surface area contributed by atoms with Crippen LogP contribution in [0, 0.1) is 18.3 Å². The highest BCUT2D eigenvalue weighted by Gasteiger charge is 2.21. The predicted molar refractivity (Wildman–Crippen MR) is 106 cm³/mol. The number of carboxylic acid groups (broad SMARTS) is 1. The molecular formula is C20H19N3O4S. The molecule has 0 atom stereocenters. The van der Waals surface area contributed by atoms with Crippen molar-refractivity contribution in [2.75, 3.05) is 7.11 Å². The SMILES string of the molecule is COc1ccccc1Cc1nc2sc(C(=O)O)c(C)c2c(=O)n1CCCC#N. The summed E-state index contributed by atoms with van der Waals surface area (Å²) in [6.45, 7) is 1.97. The van der Waals surface area contributed by atoms with Crippen molar-refractivity contribution in [3.63, 3.8) is 0 Å². The number of hydrogen-bond acceptors (Lipinski definition) is 6. The second-order valence-corrected chi connectivity index (χ2v) is 7.28. The lowest BCUT2D eigenvalue weighted by Gasteiger charge is -2.14. The third-order valence-corrected chi connectivity index (χ3v) is 5.71. The van der Waals surface area contributed by atoms with E-state index < -0.39 is 5.97 Å². The second kappa shape index (κ2) is 8.23. The molecule has 0 unspecified atom stereocenters. The summed E-state index contributed by atoms with van der Waals surface area (Å²) in [4.78, 5) is 29.8. The van der Waals surface area contributed by atoms with E-state index in [1.165, 1.54) is 0 Å². The Labute approximate surface area is 165 Å². The van der Waals surface area contributed by atoms with Crippen LogP contribution in [-0.2, 0) is 13.0 Å². The van der Waals surface area contributed by atoms with E-state index >= 15 is 0 Å². The van der Waals surface area contributed by atoms with Crippen LogP contribution in [-0.4, -0.2) is 27.7 Å². The Bertz CT molecular complexity index is 1140. The average Bonchev–Trinajstić information content (AvgIpc) is 3.01. The maximum absolute atomic E-state index is 13.2. The Morgan fingerprint density at radius 2 is 2.14 bits per heavy atom. The van der Waals surface area contributed by atoms with Gasteiger partial charge in [0, 0.05) is 24.9 Å². The molecule has 1 N–H and O–H groups in total. The number of ether oxygens (including phenoxy) is 1. The topological polar surface area (TPSA) is 105 Å². The maximum atomic E-state index is 13.2. The van der Waals surface area contributed by atoms with Crippen molar-refractivity contribution in [3.8, 4) is 11.8 Å². The van der Waals surface area contributed by atoms with Gasteiger partial charge in [0.25, 0.3) is 5.56 Å². The van der Waals surface area contributed by atoms with Gasteiger partial charge in [-0.05, 0) is 25.0 Å². The van der Waals surface area contributed by atoms with E-state index in [0.717, 1.165) is 16.9 Å². The standard InChI is InChI=1S/C20H19N3O4S/c1-12-16-18(28-17(12)20(25)26)22-15(23(19(16)24)10-6-5-9-21)11-13-7-3-4-8-14(13)27-2/h3-4,7-8H,5-6,10-11H2,1-2H3,(H,25,26). The summed E-state index contributed by atoms with van der Waals surface area (Å²) < 4.78 is 6.95. The van der Waals surface area contributed by atoms with Crippen molar-refractivity contribution >= 4 is 27.5 Å².